The van der Waals surface area contributed by atoms with Crippen molar-refractivity contribution in [3.63, 3.8) is 0 Å². The maximum atomic E-state index is 12.6. The SMILES string of the molecule is CCOC(=O)CCN(C(=O)c1cc([N+](=O)[O-])cc([N+](=O)[O-])c1)C(C)C. The molecule has 1 aromatic carbocycles. The second-order valence-electron chi connectivity index (χ2n) is 5.40. The van der Waals surface area contributed by atoms with Crippen molar-refractivity contribution in [1.82, 2.24) is 4.90 Å². The van der Waals surface area contributed by atoms with E-state index < -0.39 is 33.1 Å². The largest absolute Gasteiger partial charge is 0.466 e. The summed E-state index contributed by atoms with van der Waals surface area (Å²) < 4.78 is 4.80. The average Bonchev–Trinajstić information content (AvgIpc) is 2.54. The normalized spacial score (nSPS) is 10.4. The highest BCUT2D eigenvalue weighted by Gasteiger charge is 2.25. The van der Waals surface area contributed by atoms with Gasteiger partial charge in [-0.15, -0.1) is 0 Å². The van der Waals surface area contributed by atoms with Crippen LogP contribution in [0.25, 0.3) is 0 Å². The van der Waals surface area contributed by atoms with Gasteiger partial charge in [-0.2, -0.15) is 0 Å². The number of nitro benzene ring substituents is 2. The average molecular weight is 353 g/mol. The Morgan fingerprint density at radius 3 is 2.04 bits per heavy atom. The van der Waals surface area contributed by atoms with Crippen LogP contribution in [0.5, 0.6) is 0 Å². The van der Waals surface area contributed by atoms with Gasteiger partial charge in [-0.3, -0.25) is 29.8 Å². The topological polar surface area (TPSA) is 133 Å². The number of carbonyl (C=O) groups is 2. The lowest BCUT2D eigenvalue weighted by molar-refractivity contribution is -0.394. The summed E-state index contributed by atoms with van der Waals surface area (Å²) in [6.07, 6.45) is -0.0468. The number of benzene rings is 1. The predicted molar refractivity (Wildman–Crippen MR) is 87.2 cm³/mol. The second-order valence-corrected chi connectivity index (χ2v) is 5.40. The van der Waals surface area contributed by atoms with Crippen molar-refractivity contribution in [2.24, 2.45) is 0 Å². The fraction of sp³-hybridized carbons (Fsp3) is 0.467. The lowest BCUT2D eigenvalue weighted by atomic mass is 10.1. The van der Waals surface area contributed by atoms with Crippen LogP contribution in [-0.2, 0) is 9.53 Å². The van der Waals surface area contributed by atoms with Gasteiger partial charge in [0.05, 0.1) is 34.5 Å². The first-order valence-electron chi connectivity index (χ1n) is 7.57. The van der Waals surface area contributed by atoms with Gasteiger partial charge in [0, 0.05) is 24.7 Å². The molecular weight excluding hydrogens is 334 g/mol. The monoisotopic (exact) mass is 353 g/mol. The summed E-state index contributed by atoms with van der Waals surface area (Å²) in [5.74, 6) is -1.11. The van der Waals surface area contributed by atoms with E-state index in [0.29, 0.717) is 0 Å². The van der Waals surface area contributed by atoms with Crippen LogP contribution in [0.2, 0.25) is 0 Å². The highest BCUT2D eigenvalue weighted by molar-refractivity contribution is 5.96. The molecule has 1 rings (SSSR count). The van der Waals surface area contributed by atoms with E-state index in [1.807, 2.05) is 0 Å². The van der Waals surface area contributed by atoms with Crippen LogP contribution in [-0.4, -0.2) is 45.8 Å². The molecule has 1 aromatic rings. The molecule has 0 aromatic heterocycles. The minimum atomic E-state index is -0.803. The number of ether oxygens (including phenoxy) is 1. The minimum absolute atomic E-state index is 0.0336. The number of hydrogen-bond donors (Lipinski definition) is 0. The van der Waals surface area contributed by atoms with E-state index in [1.165, 1.54) is 4.90 Å². The Labute approximate surface area is 143 Å². The van der Waals surface area contributed by atoms with E-state index in [4.69, 9.17) is 4.74 Å². The number of rotatable bonds is 8. The molecule has 10 nitrogen and oxygen atoms in total. The molecule has 25 heavy (non-hydrogen) atoms. The summed E-state index contributed by atoms with van der Waals surface area (Å²) in [5.41, 5.74) is -1.28. The summed E-state index contributed by atoms with van der Waals surface area (Å²) in [4.78, 5) is 45.7. The number of hydrogen-bond acceptors (Lipinski definition) is 7. The number of nitro groups is 2. The van der Waals surface area contributed by atoms with Crippen molar-refractivity contribution >= 4 is 23.3 Å². The van der Waals surface area contributed by atoms with Gasteiger partial charge in [0.1, 0.15) is 0 Å². The van der Waals surface area contributed by atoms with Crippen molar-refractivity contribution in [3.05, 3.63) is 44.0 Å². The first kappa shape index (κ1) is 20.0. The van der Waals surface area contributed by atoms with Gasteiger partial charge in [0.2, 0.25) is 0 Å². The molecule has 0 radical (unpaired) electrons. The molecule has 0 N–H and O–H groups in total. The third kappa shape index (κ3) is 5.52. The molecule has 0 atom stereocenters. The lowest BCUT2D eigenvalue weighted by Gasteiger charge is -2.26. The van der Waals surface area contributed by atoms with Gasteiger partial charge in [-0.25, -0.2) is 0 Å². The molecule has 136 valence electrons. The van der Waals surface area contributed by atoms with Crippen LogP contribution >= 0.6 is 0 Å². The highest BCUT2D eigenvalue weighted by Crippen LogP contribution is 2.24. The van der Waals surface area contributed by atoms with E-state index >= 15 is 0 Å². The molecule has 0 aliphatic heterocycles. The molecule has 10 heteroatoms. The summed E-state index contributed by atoms with van der Waals surface area (Å²) in [6.45, 7) is 5.31. The smallest absolute Gasteiger partial charge is 0.307 e. The Balaban J connectivity index is 3.13. The first-order valence-corrected chi connectivity index (χ1v) is 7.57. The fourth-order valence-electron chi connectivity index (χ4n) is 2.13. The standard InChI is InChI=1S/C15H19N3O7/c1-4-25-14(19)5-6-16(10(2)3)15(20)11-7-12(17(21)22)9-13(8-11)18(23)24/h7-10H,4-6H2,1-3H3. The van der Waals surface area contributed by atoms with E-state index in [-0.39, 0.29) is 31.2 Å². The Bertz CT molecular complexity index is 655. The van der Waals surface area contributed by atoms with Gasteiger partial charge in [0.15, 0.2) is 0 Å². The third-order valence-electron chi connectivity index (χ3n) is 3.32. The van der Waals surface area contributed by atoms with E-state index in [0.717, 1.165) is 18.2 Å². The van der Waals surface area contributed by atoms with Crippen molar-refractivity contribution in [3.8, 4) is 0 Å². The molecule has 0 fully saturated rings. The lowest BCUT2D eigenvalue weighted by Crippen LogP contribution is -2.38. The molecule has 0 bridgehead atoms. The Morgan fingerprint density at radius 2 is 1.64 bits per heavy atom. The van der Waals surface area contributed by atoms with Crippen LogP contribution in [0.3, 0.4) is 0 Å². The van der Waals surface area contributed by atoms with Gasteiger partial charge >= 0.3 is 5.97 Å². The Kier molecular flexibility index (Phi) is 6.97. The zero-order valence-corrected chi connectivity index (χ0v) is 14.1. The molecule has 0 unspecified atom stereocenters. The molecular formula is C15H19N3O7. The Morgan fingerprint density at radius 1 is 1.12 bits per heavy atom. The minimum Gasteiger partial charge on any atom is -0.466 e. The van der Waals surface area contributed by atoms with Crippen molar-refractivity contribution in [2.45, 2.75) is 33.2 Å². The molecule has 0 saturated heterocycles. The second kappa shape index (κ2) is 8.71. The first-order chi connectivity index (χ1) is 11.7. The fourth-order valence-corrected chi connectivity index (χ4v) is 2.13. The van der Waals surface area contributed by atoms with E-state index in [1.54, 1.807) is 20.8 Å². The molecule has 0 aliphatic rings. The van der Waals surface area contributed by atoms with Gasteiger partial charge in [0.25, 0.3) is 17.3 Å². The van der Waals surface area contributed by atoms with Crippen LogP contribution in [0, 0.1) is 20.2 Å². The third-order valence-corrected chi connectivity index (χ3v) is 3.32. The summed E-state index contributed by atoms with van der Waals surface area (Å²) in [5, 5.41) is 21.9. The zero-order valence-electron chi connectivity index (χ0n) is 14.1. The molecule has 1 amide bonds. The Hall–Kier alpha value is -3.04. The number of non-ortho nitro benzene ring substituents is 2. The van der Waals surface area contributed by atoms with Gasteiger partial charge < -0.3 is 9.64 Å². The number of amides is 1. The van der Waals surface area contributed by atoms with E-state index in [2.05, 4.69) is 0 Å². The number of esters is 1. The number of carbonyl (C=O) groups excluding carboxylic acids is 2. The summed E-state index contributed by atoms with van der Waals surface area (Å²) in [6, 6.07) is 2.43. The molecule has 0 aliphatic carbocycles. The van der Waals surface area contributed by atoms with Crippen LogP contribution < -0.4 is 0 Å². The van der Waals surface area contributed by atoms with Gasteiger partial charge in [-0.1, -0.05) is 0 Å². The molecule has 0 heterocycles. The van der Waals surface area contributed by atoms with Crippen LogP contribution in [0.1, 0.15) is 37.6 Å². The summed E-state index contributed by atoms with van der Waals surface area (Å²) >= 11 is 0. The number of nitrogens with zero attached hydrogens (tertiary/aromatic N) is 3. The van der Waals surface area contributed by atoms with Crippen molar-refractivity contribution in [1.29, 1.82) is 0 Å². The van der Waals surface area contributed by atoms with Crippen molar-refractivity contribution in [2.75, 3.05) is 13.2 Å². The molecule has 0 saturated carbocycles. The highest BCUT2D eigenvalue weighted by atomic mass is 16.6. The molecule has 0 spiro atoms. The van der Waals surface area contributed by atoms with Crippen molar-refractivity contribution < 1.29 is 24.2 Å². The van der Waals surface area contributed by atoms with E-state index in [9.17, 15) is 29.8 Å². The quantitative estimate of drug-likeness (QED) is 0.398. The van der Waals surface area contributed by atoms with Crippen LogP contribution in [0.4, 0.5) is 11.4 Å². The zero-order chi connectivity index (χ0) is 19.1. The maximum absolute atomic E-state index is 12.6. The van der Waals surface area contributed by atoms with Gasteiger partial charge in [-0.05, 0) is 20.8 Å². The van der Waals surface area contributed by atoms with Crippen LogP contribution in [0.15, 0.2) is 18.2 Å². The maximum Gasteiger partial charge on any atom is 0.307 e. The predicted octanol–water partition coefficient (Wildman–Crippen LogP) is 2.31. The summed E-state index contributed by atoms with van der Waals surface area (Å²) in [7, 11) is 0.